The summed E-state index contributed by atoms with van der Waals surface area (Å²) >= 11 is 0. The van der Waals surface area contributed by atoms with Crippen LogP contribution in [0.2, 0.25) is 0 Å². The lowest BCUT2D eigenvalue weighted by molar-refractivity contribution is -0.142. The molecule has 3 fully saturated rings. The molecular weight excluding hydrogens is 244 g/mol. The SMILES string of the molecule is CC1CCN(C(=O)N2[C@H]3CC[C@H]2[C@@H](C(=O)O)C3)CC1. The van der Waals surface area contributed by atoms with E-state index in [0.717, 1.165) is 38.8 Å². The van der Waals surface area contributed by atoms with Gasteiger partial charge in [-0.2, -0.15) is 0 Å². The van der Waals surface area contributed by atoms with Crippen LogP contribution in [0.25, 0.3) is 0 Å². The maximum atomic E-state index is 12.6. The Morgan fingerprint density at radius 1 is 1.11 bits per heavy atom. The zero-order chi connectivity index (χ0) is 13.6. The highest BCUT2D eigenvalue weighted by atomic mass is 16.4. The molecule has 3 saturated heterocycles. The topological polar surface area (TPSA) is 60.9 Å². The molecule has 0 saturated carbocycles. The first-order valence-corrected chi connectivity index (χ1v) is 7.38. The second kappa shape index (κ2) is 4.69. The van der Waals surface area contributed by atoms with Gasteiger partial charge in [-0.15, -0.1) is 0 Å². The Hall–Kier alpha value is -1.26. The monoisotopic (exact) mass is 266 g/mol. The van der Waals surface area contributed by atoms with Crippen LogP contribution in [0.5, 0.6) is 0 Å². The van der Waals surface area contributed by atoms with Gasteiger partial charge in [0.15, 0.2) is 0 Å². The summed E-state index contributed by atoms with van der Waals surface area (Å²) in [5.74, 6) is -0.380. The summed E-state index contributed by atoms with van der Waals surface area (Å²) in [6.45, 7) is 3.88. The zero-order valence-electron chi connectivity index (χ0n) is 11.4. The molecule has 0 radical (unpaired) electrons. The second-order valence-electron chi connectivity index (χ2n) is 6.34. The van der Waals surface area contributed by atoms with Gasteiger partial charge < -0.3 is 14.9 Å². The normalized spacial score (nSPS) is 34.9. The number of nitrogens with zero attached hydrogens (tertiary/aromatic N) is 2. The Labute approximate surface area is 113 Å². The Bertz CT molecular complexity index is 390. The number of carbonyl (C=O) groups excluding carboxylic acids is 1. The predicted octanol–water partition coefficient (Wildman–Crippen LogP) is 1.78. The molecule has 0 aromatic heterocycles. The minimum Gasteiger partial charge on any atom is -0.481 e. The first-order chi connectivity index (χ1) is 9.08. The van der Waals surface area contributed by atoms with Crippen molar-refractivity contribution < 1.29 is 14.7 Å². The van der Waals surface area contributed by atoms with Crippen LogP contribution in [0.15, 0.2) is 0 Å². The van der Waals surface area contributed by atoms with Gasteiger partial charge in [0.2, 0.25) is 0 Å². The summed E-state index contributed by atoms with van der Waals surface area (Å²) in [5.41, 5.74) is 0. The summed E-state index contributed by atoms with van der Waals surface area (Å²) in [4.78, 5) is 27.6. The van der Waals surface area contributed by atoms with Crippen molar-refractivity contribution in [3.05, 3.63) is 0 Å². The Kier molecular flexibility index (Phi) is 3.15. The molecule has 3 aliphatic heterocycles. The highest BCUT2D eigenvalue weighted by Gasteiger charge is 2.52. The highest BCUT2D eigenvalue weighted by molar-refractivity contribution is 5.79. The van der Waals surface area contributed by atoms with E-state index >= 15 is 0 Å². The Balaban J connectivity index is 1.69. The van der Waals surface area contributed by atoms with Crippen molar-refractivity contribution in [1.82, 2.24) is 9.80 Å². The van der Waals surface area contributed by atoms with Crippen LogP contribution in [0, 0.1) is 11.8 Å². The molecule has 3 atom stereocenters. The van der Waals surface area contributed by atoms with Crippen molar-refractivity contribution in [2.24, 2.45) is 11.8 Å². The first kappa shape index (κ1) is 12.8. The summed E-state index contributed by atoms with van der Waals surface area (Å²) < 4.78 is 0. The van der Waals surface area contributed by atoms with Crippen molar-refractivity contribution >= 4 is 12.0 Å². The third-order valence-corrected chi connectivity index (χ3v) is 5.13. The third-order valence-electron chi connectivity index (χ3n) is 5.13. The fourth-order valence-electron chi connectivity index (χ4n) is 3.92. The molecule has 106 valence electrons. The Morgan fingerprint density at radius 2 is 1.79 bits per heavy atom. The molecule has 0 aromatic carbocycles. The molecule has 3 rings (SSSR count). The first-order valence-electron chi connectivity index (χ1n) is 7.38. The molecule has 2 amide bonds. The van der Waals surface area contributed by atoms with E-state index in [1.54, 1.807) is 0 Å². The molecule has 5 nitrogen and oxygen atoms in total. The van der Waals surface area contributed by atoms with Crippen LogP contribution < -0.4 is 0 Å². The number of carboxylic acids is 1. The second-order valence-corrected chi connectivity index (χ2v) is 6.34. The van der Waals surface area contributed by atoms with E-state index in [-0.39, 0.29) is 24.0 Å². The van der Waals surface area contributed by atoms with Gasteiger partial charge in [-0.3, -0.25) is 4.79 Å². The molecule has 3 heterocycles. The average Bonchev–Trinajstić information content (AvgIpc) is 2.96. The quantitative estimate of drug-likeness (QED) is 0.787. The van der Waals surface area contributed by atoms with Crippen LogP contribution in [0.1, 0.15) is 39.0 Å². The summed E-state index contributed by atoms with van der Waals surface area (Å²) in [7, 11) is 0. The van der Waals surface area contributed by atoms with E-state index in [2.05, 4.69) is 6.92 Å². The number of hydrogen-bond donors (Lipinski definition) is 1. The number of aliphatic carboxylic acids is 1. The molecule has 1 N–H and O–H groups in total. The lowest BCUT2D eigenvalue weighted by Gasteiger charge is -2.35. The molecule has 0 unspecified atom stereocenters. The van der Waals surface area contributed by atoms with Crippen LogP contribution >= 0.6 is 0 Å². The van der Waals surface area contributed by atoms with Crippen LogP contribution in [-0.2, 0) is 4.79 Å². The van der Waals surface area contributed by atoms with E-state index in [4.69, 9.17) is 0 Å². The van der Waals surface area contributed by atoms with E-state index in [9.17, 15) is 14.7 Å². The van der Waals surface area contributed by atoms with Gasteiger partial charge in [-0.05, 0) is 38.0 Å². The molecular formula is C14H22N2O3. The number of likely N-dealkylation sites (tertiary alicyclic amines) is 1. The number of amides is 2. The van der Waals surface area contributed by atoms with Gasteiger partial charge >= 0.3 is 12.0 Å². The maximum absolute atomic E-state index is 12.6. The van der Waals surface area contributed by atoms with Crippen molar-refractivity contribution in [3.63, 3.8) is 0 Å². The predicted molar refractivity (Wildman–Crippen MR) is 69.8 cm³/mol. The van der Waals surface area contributed by atoms with Crippen molar-refractivity contribution in [3.8, 4) is 0 Å². The molecule has 2 bridgehead atoms. The lowest BCUT2D eigenvalue weighted by Crippen LogP contribution is -2.49. The van der Waals surface area contributed by atoms with Crippen LogP contribution in [0.4, 0.5) is 4.79 Å². The van der Waals surface area contributed by atoms with Gasteiger partial charge in [0.1, 0.15) is 0 Å². The molecule has 19 heavy (non-hydrogen) atoms. The summed E-state index contributed by atoms with van der Waals surface area (Å²) in [6.07, 6.45) is 4.62. The summed E-state index contributed by atoms with van der Waals surface area (Å²) in [6, 6.07) is 0.190. The largest absolute Gasteiger partial charge is 0.481 e. The van der Waals surface area contributed by atoms with Gasteiger partial charge in [-0.1, -0.05) is 6.92 Å². The van der Waals surface area contributed by atoms with Crippen LogP contribution in [0.3, 0.4) is 0 Å². The lowest BCUT2D eigenvalue weighted by atomic mass is 9.89. The number of urea groups is 1. The fraction of sp³-hybridized carbons (Fsp3) is 0.857. The van der Waals surface area contributed by atoms with Gasteiger partial charge in [0.05, 0.1) is 5.92 Å². The molecule has 3 aliphatic rings. The number of fused-ring (bicyclic) bond motifs is 2. The number of piperidine rings is 1. The van der Waals surface area contributed by atoms with E-state index in [1.165, 1.54) is 0 Å². The highest BCUT2D eigenvalue weighted by Crippen LogP contribution is 2.42. The van der Waals surface area contributed by atoms with E-state index in [0.29, 0.717) is 12.3 Å². The molecule has 0 aromatic rings. The number of carboxylic acid groups (broad SMARTS) is 1. The Morgan fingerprint density at radius 3 is 2.37 bits per heavy atom. The molecule has 0 aliphatic carbocycles. The molecule has 0 spiro atoms. The van der Waals surface area contributed by atoms with Crippen LogP contribution in [-0.4, -0.2) is 52.1 Å². The third kappa shape index (κ3) is 2.09. The zero-order valence-corrected chi connectivity index (χ0v) is 11.4. The van der Waals surface area contributed by atoms with Crippen molar-refractivity contribution in [2.45, 2.75) is 51.1 Å². The number of hydrogen-bond acceptors (Lipinski definition) is 2. The van der Waals surface area contributed by atoms with Gasteiger partial charge in [-0.25, -0.2) is 4.79 Å². The standard InChI is InChI=1S/C14H22N2O3/c1-9-4-6-15(7-5-9)14(19)16-10-2-3-12(16)11(8-10)13(17)18/h9-12H,2-8H2,1H3,(H,17,18)/t10-,11-,12-/m0/s1. The van der Waals surface area contributed by atoms with Gasteiger partial charge in [0, 0.05) is 25.2 Å². The van der Waals surface area contributed by atoms with E-state index in [1.807, 2.05) is 9.80 Å². The molecule has 5 heteroatoms. The minimum absolute atomic E-state index is 0.0608. The fourth-order valence-corrected chi connectivity index (χ4v) is 3.92. The average molecular weight is 266 g/mol. The smallest absolute Gasteiger partial charge is 0.320 e. The number of carbonyl (C=O) groups is 2. The van der Waals surface area contributed by atoms with Crippen molar-refractivity contribution in [1.29, 1.82) is 0 Å². The van der Waals surface area contributed by atoms with E-state index < -0.39 is 5.97 Å². The minimum atomic E-state index is -0.739. The van der Waals surface area contributed by atoms with Crippen molar-refractivity contribution in [2.75, 3.05) is 13.1 Å². The maximum Gasteiger partial charge on any atom is 0.320 e. The summed E-state index contributed by atoms with van der Waals surface area (Å²) in [5, 5.41) is 9.23. The van der Waals surface area contributed by atoms with Gasteiger partial charge in [0.25, 0.3) is 0 Å². The number of rotatable bonds is 1.